The number of aryl methyl sites for hydroxylation is 1. The van der Waals surface area contributed by atoms with Gasteiger partial charge in [0.05, 0.1) is 12.3 Å². The molecule has 1 aromatic heterocycles. The van der Waals surface area contributed by atoms with Gasteiger partial charge in [0.15, 0.2) is 5.82 Å². The molecule has 1 heterocycles. The molecule has 0 bridgehead atoms. The maximum absolute atomic E-state index is 11.8. The third-order valence-electron chi connectivity index (χ3n) is 4.16. The number of alkyl halides is 1. The predicted octanol–water partition coefficient (Wildman–Crippen LogP) is 3.83. The standard InChI is InChI=1S/C21H23ClN4O3/c1-14-4-6-16(7-5-14)19-24-21(29-13-12-28-3)25-26(19)18-10-8-17(9-11-18)23-20(27)15(2)22/h4-11,15H,12-13H2,1-3H3,(H,23,27). The lowest BCUT2D eigenvalue weighted by Gasteiger charge is -2.09. The third kappa shape index (κ3) is 5.34. The fourth-order valence-corrected chi connectivity index (χ4v) is 2.62. The van der Waals surface area contributed by atoms with Gasteiger partial charge in [-0.05, 0) is 38.1 Å². The molecule has 1 unspecified atom stereocenters. The number of hydrogen-bond acceptors (Lipinski definition) is 5. The summed E-state index contributed by atoms with van der Waals surface area (Å²) in [5.74, 6) is 0.401. The largest absolute Gasteiger partial charge is 0.460 e. The molecule has 1 atom stereocenters. The van der Waals surface area contributed by atoms with E-state index in [0.717, 1.165) is 16.8 Å². The SMILES string of the molecule is COCCOc1nc(-c2ccc(C)cc2)n(-c2ccc(NC(=O)C(C)Cl)cc2)n1. The first kappa shape index (κ1) is 20.8. The Morgan fingerprint density at radius 3 is 2.45 bits per heavy atom. The second-order valence-corrected chi connectivity index (χ2v) is 7.14. The molecule has 2 aromatic carbocycles. The molecule has 3 aromatic rings. The third-order valence-corrected chi connectivity index (χ3v) is 4.35. The summed E-state index contributed by atoms with van der Waals surface area (Å²) in [5, 5.41) is 6.64. The van der Waals surface area contributed by atoms with Crippen LogP contribution in [0.5, 0.6) is 6.01 Å². The number of ether oxygens (including phenoxy) is 2. The highest BCUT2D eigenvalue weighted by Gasteiger charge is 2.15. The number of hydrogen-bond donors (Lipinski definition) is 1. The molecule has 0 radical (unpaired) electrons. The van der Waals surface area contributed by atoms with Crippen LogP contribution in [0.3, 0.4) is 0 Å². The van der Waals surface area contributed by atoms with Gasteiger partial charge in [0.1, 0.15) is 12.0 Å². The Morgan fingerprint density at radius 1 is 1.14 bits per heavy atom. The van der Waals surface area contributed by atoms with Crippen molar-refractivity contribution < 1.29 is 14.3 Å². The number of halogens is 1. The number of rotatable bonds is 8. The summed E-state index contributed by atoms with van der Waals surface area (Å²) < 4.78 is 12.3. The monoisotopic (exact) mass is 414 g/mol. The van der Waals surface area contributed by atoms with E-state index >= 15 is 0 Å². The molecule has 1 amide bonds. The molecule has 0 saturated heterocycles. The van der Waals surface area contributed by atoms with Crippen molar-refractivity contribution in [3.8, 4) is 23.1 Å². The highest BCUT2D eigenvalue weighted by atomic mass is 35.5. The minimum absolute atomic E-state index is 0.255. The number of benzene rings is 2. The molecule has 7 nitrogen and oxygen atoms in total. The van der Waals surface area contributed by atoms with Crippen molar-refractivity contribution in [3.05, 3.63) is 54.1 Å². The van der Waals surface area contributed by atoms with Crippen LogP contribution in [0.2, 0.25) is 0 Å². The van der Waals surface area contributed by atoms with E-state index in [2.05, 4.69) is 15.4 Å². The summed E-state index contributed by atoms with van der Waals surface area (Å²) in [6, 6.07) is 15.6. The number of anilines is 1. The highest BCUT2D eigenvalue weighted by Crippen LogP contribution is 2.25. The van der Waals surface area contributed by atoms with Crippen LogP contribution in [0.1, 0.15) is 12.5 Å². The predicted molar refractivity (Wildman–Crippen MR) is 113 cm³/mol. The second kappa shape index (κ2) is 9.54. The van der Waals surface area contributed by atoms with E-state index in [1.807, 2.05) is 43.3 Å². The molecule has 0 aliphatic heterocycles. The molecule has 0 saturated carbocycles. The minimum atomic E-state index is -0.607. The van der Waals surface area contributed by atoms with E-state index in [0.29, 0.717) is 24.7 Å². The molecule has 0 fully saturated rings. The van der Waals surface area contributed by atoms with Gasteiger partial charge in [-0.2, -0.15) is 4.98 Å². The zero-order valence-corrected chi connectivity index (χ0v) is 17.3. The van der Waals surface area contributed by atoms with Crippen LogP contribution in [-0.4, -0.2) is 46.4 Å². The van der Waals surface area contributed by atoms with Crippen LogP contribution < -0.4 is 10.1 Å². The van der Waals surface area contributed by atoms with Crippen LogP contribution in [0, 0.1) is 6.92 Å². The van der Waals surface area contributed by atoms with Crippen molar-refractivity contribution in [2.75, 3.05) is 25.6 Å². The number of nitrogens with zero attached hydrogens (tertiary/aromatic N) is 3. The number of nitrogens with one attached hydrogen (secondary N) is 1. The molecular weight excluding hydrogens is 392 g/mol. The van der Waals surface area contributed by atoms with Crippen molar-refractivity contribution in [1.82, 2.24) is 14.8 Å². The molecule has 29 heavy (non-hydrogen) atoms. The molecule has 0 aliphatic carbocycles. The molecule has 8 heteroatoms. The van der Waals surface area contributed by atoms with Crippen molar-refractivity contribution in [3.63, 3.8) is 0 Å². The van der Waals surface area contributed by atoms with Gasteiger partial charge in [0.25, 0.3) is 0 Å². The van der Waals surface area contributed by atoms with Gasteiger partial charge in [0, 0.05) is 18.4 Å². The van der Waals surface area contributed by atoms with Crippen LogP contribution >= 0.6 is 11.6 Å². The Balaban J connectivity index is 1.91. The van der Waals surface area contributed by atoms with Crippen molar-refractivity contribution >= 4 is 23.2 Å². The Bertz CT molecular complexity index is 953. The van der Waals surface area contributed by atoms with Gasteiger partial charge in [-0.3, -0.25) is 4.79 Å². The molecule has 0 aliphatic rings. The van der Waals surface area contributed by atoms with Crippen molar-refractivity contribution in [2.24, 2.45) is 0 Å². The van der Waals surface area contributed by atoms with Crippen LogP contribution in [0.4, 0.5) is 5.69 Å². The van der Waals surface area contributed by atoms with Crippen molar-refractivity contribution in [2.45, 2.75) is 19.2 Å². The molecule has 3 rings (SSSR count). The number of methoxy groups -OCH3 is 1. The zero-order valence-electron chi connectivity index (χ0n) is 16.6. The van der Waals surface area contributed by atoms with E-state index in [1.165, 1.54) is 0 Å². The normalized spacial score (nSPS) is 11.9. The first-order valence-electron chi connectivity index (χ1n) is 9.19. The second-order valence-electron chi connectivity index (χ2n) is 6.49. The summed E-state index contributed by atoms with van der Waals surface area (Å²) in [7, 11) is 1.61. The fraction of sp³-hybridized carbons (Fsp3) is 0.286. The highest BCUT2D eigenvalue weighted by molar-refractivity contribution is 6.32. The average molecular weight is 415 g/mol. The van der Waals surface area contributed by atoms with Crippen molar-refractivity contribution in [1.29, 1.82) is 0 Å². The molecule has 152 valence electrons. The van der Waals surface area contributed by atoms with E-state index in [4.69, 9.17) is 21.1 Å². The van der Waals surface area contributed by atoms with Gasteiger partial charge in [0.2, 0.25) is 5.91 Å². The lowest BCUT2D eigenvalue weighted by atomic mass is 10.1. The smallest absolute Gasteiger partial charge is 0.336 e. The quantitative estimate of drug-likeness (QED) is 0.447. The maximum Gasteiger partial charge on any atom is 0.336 e. The van der Waals surface area contributed by atoms with Crippen LogP contribution in [-0.2, 0) is 9.53 Å². The summed E-state index contributed by atoms with van der Waals surface area (Å²) in [6.45, 7) is 4.46. The number of carbonyl (C=O) groups excluding carboxylic acids is 1. The summed E-state index contributed by atoms with van der Waals surface area (Å²) in [6.07, 6.45) is 0. The first-order chi connectivity index (χ1) is 14.0. The zero-order chi connectivity index (χ0) is 20.8. The molecule has 0 spiro atoms. The van der Waals surface area contributed by atoms with Gasteiger partial charge >= 0.3 is 6.01 Å². The lowest BCUT2D eigenvalue weighted by Crippen LogP contribution is -2.20. The molecule has 1 N–H and O–H groups in total. The summed E-state index contributed by atoms with van der Waals surface area (Å²) >= 11 is 5.80. The van der Waals surface area contributed by atoms with E-state index in [1.54, 1.807) is 30.8 Å². The van der Waals surface area contributed by atoms with Gasteiger partial charge in [-0.15, -0.1) is 16.7 Å². The van der Waals surface area contributed by atoms with Crippen LogP contribution in [0.15, 0.2) is 48.5 Å². The topological polar surface area (TPSA) is 78.3 Å². The maximum atomic E-state index is 11.8. The number of carbonyl (C=O) groups is 1. The number of amides is 1. The Labute approximate surface area is 174 Å². The van der Waals surface area contributed by atoms with E-state index in [-0.39, 0.29) is 11.9 Å². The summed E-state index contributed by atoms with van der Waals surface area (Å²) in [4.78, 5) is 16.3. The average Bonchev–Trinajstić information content (AvgIpc) is 3.13. The van der Waals surface area contributed by atoms with Gasteiger partial charge in [-0.25, -0.2) is 4.68 Å². The minimum Gasteiger partial charge on any atom is -0.460 e. The summed E-state index contributed by atoms with van der Waals surface area (Å²) in [5.41, 5.74) is 3.51. The van der Waals surface area contributed by atoms with E-state index in [9.17, 15) is 4.79 Å². The van der Waals surface area contributed by atoms with Gasteiger partial charge in [-0.1, -0.05) is 29.8 Å². The first-order valence-corrected chi connectivity index (χ1v) is 9.63. The van der Waals surface area contributed by atoms with E-state index < -0.39 is 5.38 Å². The Hall–Kier alpha value is -2.90. The fourth-order valence-electron chi connectivity index (χ4n) is 2.57. The molecular formula is C21H23ClN4O3. The lowest BCUT2D eigenvalue weighted by molar-refractivity contribution is -0.115. The number of aromatic nitrogens is 3. The van der Waals surface area contributed by atoms with Gasteiger partial charge < -0.3 is 14.8 Å². The van der Waals surface area contributed by atoms with Crippen LogP contribution in [0.25, 0.3) is 17.1 Å². The Kier molecular flexibility index (Phi) is 6.85. The Morgan fingerprint density at radius 2 is 1.83 bits per heavy atom.